The smallest absolute Gasteiger partial charge is 0.0817 e. The van der Waals surface area contributed by atoms with Crippen LogP contribution in [0, 0.1) is 0 Å². The number of aliphatic hydroxyl groups excluding tert-OH is 1. The maximum absolute atomic E-state index is 9.44. The standard InChI is InChI=1S/C7H8OS2/c8-6-2-4-10-7-5(6)1-3-9-7/h1,3,6,8H,2,4H2/t6-/m1/s1. The van der Waals surface area contributed by atoms with Crippen molar-refractivity contribution < 1.29 is 5.11 Å². The summed E-state index contributed by atoms with van der Waals surface area (Å²) in [6.45, 7) is 0. The van der Waals surface area contributed by atoms with Gasteiger partial charge in [0.1, 0.15) is 0 Å². The summed E-state index contributed by atoms with van der Waals surface area (Å²) in [6, 6.07) is 2.02. The van der Waals surface area contributed by atoms with Crippen molar-refractivity contribution >= 4 is 23.1 Å². The molecular weight excluding hydrogens is 164 g/mol. The molecule has 0 aliphatic carbocycles. The summed E-state index contributed by atoms with van der Waals surface area (Å²) >= 11 is 3.59. The summed E-state index contributed by atoms with van der Waals surface area (Å²) < 4.78 is 1.30. The molecule has 1 aliphatic heterocycles. The van der Waals surface area contributed by atoms with Crippen LogP contribution < -0.4 is 0 Å². The van der Waals surface area contributed by atoms with Crippen LogP contribution in [0.15, 0.2) is 15.7 Å². The second-order valence-electron chi connectivity index (χ2n) is 2.32. The second kappa shape index (κ2) is 2.57. The lowest BCUT2D eigenvalue weighted by molar-refractivity contribution is 0.171. The normalized spacial score (nSPS) is 24.3. The summed E-state index contributed by atoms with van der Waals surface area (Å²) in [5, 5.41) is 11.5. The quantitative estimate of drug-likeness (QED) is 0.648. The first-order valence-electron chi connectivity index (χ1n) is 3.26. The lowest BCUT2D eigenvalue weighted by Crippen LogP contribution is -2.02. The van der Waals surface area contributed by atoms with Gasteiger partial charge in [-0.2, -0.15) is 0 Å². The van der Waals surface area contributed by atoms with Crippen LogP contribution in [0.25, 0.3) is 0 Å². The predicted molar refractivity (Wildman–Crippen MR) is 44.6 cm³/mol. The van der Waals surface area contributed by atoms with Crippen LogP contribution in [0.4, 0.5) is 0 Å². The molecule has 0 fully saturated rings. The average molecular weight is 172 g/mol. The summed E-state index contributed by atoms with van der Waals surface area (Å²) in [6.07, 6.45) is 0.719. The number of thioether (sulfide) groups is 1. The predicted octanol–water partition coefficient (Wildman–Crippen LogP) is 2.28. The molecular formula is C7H8OS2. The molecule has 0 amide bonds. The number of thiophene rings is 1. The Balaban J connectivity index is 2.41. The maximum Gasteiger partial charge on any atom is 0.0817 e. The van der Waals surface area contributed by atoms with Gasteiger partial charge in [-0.25, -0.2) is 0 Å². The van der Waals surface area contributed by atoms with Crippen molar-refractivity contribution in [2.75, 3.05) is 5.75 Å². The zero-order valence-corrected chi connectivity index (χ0v) is 7.04. The average Bonchev–Trinajstić information content (AvgIpc) is 2.36. The van der Waals surface area contributed by atoms with Gasteiger partial charge in [0.15, 0.2) is 0 Å². The monoisotopic (exact) mass is 172 g/mol. The zero-order valence-electron chi connectivity index (χ0n) is 5.41. The van der Waals surface area contributed by atoms with Gasteiger partial charge in [-0.05, 0) is 17.9 Å². The van der Waals surface area contributed by atoms with E-state index in [0.717, 1.165) is 17.7 Å². The third kappa shape index (κ3) is 0.983. The molecule has 0 bridgehead atoms. The largest absolute Gasteiger partial charge is 0.388 e. The van der Waals surface area contributed by atoms with Crippen molar-refractivity contribution in [3.8, 4) is 0 Å². The molecule has 2 rings (SSSR count). The molecule has 0 saturated carbocycles. The second-order valence-corrected chi connectivity index (χ2v) is 4.60. The highest BCUT2D eigenvalue weighted by molar-refractivity contribution is 8.01. The Morgan fingerprint density at radius 2 is 2.50 bits per heavy atom. The van der Waals surface area contributed by atoms with Crippen molar-refractivity contribution in [2.45, 2.75) is 16.7 Å². The first kappa shape index (κ1) is 6.70. The lowest BCUT2D eigenvalue weighted by Gasteiger charge is -2.15. The molecule has 0 unspecified atom stereocenters. The van der Waals surface area contributed by atoms with Crippen LogP contribution in [0.2, 0.25) is 0 Å². The van der Waals surface area contributed by atoms with Crippen LogP contribution in [-0.2, 0) is 0 Å². The zero-order chi connectivity index (χ0) is 6.97. The van der Waals surface area contributed by atoms with Gasteiger partial charge in [0.2, 0.25) is 0 Å². The number of hydrogen-bond acceptors (Lipinski definition) is 3. The number of hydrogen-bond donors (Lipinski definition) is 1. The van der Waals surface area contributed by atoms with Gasteiger partial charge in [0.25, 0.3) is 0 Å². The van der Waals surface area contributed by atoms with Gasteiger partial charge in [-0.3, -0.25) is 0 Å². The summed E-state index contributed by atoms with van der Waals surface area (Å²) in [5.74, 6) is 1.06. The van der Waals surface area contributed by atoms with Crippen LogP contribution in [-0.4, -0.2) is 10.9 Å². The Bertz CT molecular complexity index is 231. The van der Waals surface area contributed by atoms with Crippen molar-refractivity contribution in [1.29, 1.82) is 0 Å². The summed E-state index contributed by atoms with van der Waals surface area (Å²) in [5.41, 5.74) is 1.14. The molecule has 0 spiro atoms. The van der Waals surface area contributed by atoms with Crippen LogP contribution in [0.3, 0.4) is 0 Å². The van der Waals surface area contributed by atoms with Crippen molar-refractivity contribution in [1.82, 2.24) is 0 Å². The Kier molecular flexibility index (Phi) is 1.72. The SMILES string of the molecule is O[C@@H]1CCSc2sccc21. The van der Waals surface area contributed by atoms with E-state index in [1.807, 2.05) is 23.2 Å². The van der Waals surface area contributed by atoms with E-state index in [4.69, 9.17) is 0 Å². The van der Waals surface area contributed by atoms with E-state index in [0.29, 0.717) is 0 Å². The van der Waals surface area contributed by atoms with Crippen LogP contribution >= 0.6 is 23.1 Å². The number of aliphatic hydroxyl groups is 1. The molecule has 1 aliphatic rings. The fourth-order valence-electron chi connectivity index (χ4n) is 1.09. The molecule has 54 valence electrons. The molecule has 1 N–H and O–H groups in total. The van der Waals surface area contributed by atoms with E-state index in [1.54, 1.807) is 11.3 Å². The molecule has 1 aromatic rings. The third-order valence-electron chi connectivity index (χ3n) is 1.64. The van der Waals surface area contributed by atoms with E-state index in [1.165, 1.54) is 4.21 Å². The van der Waals surface area contributed by atoms with E-state index in [2.05, 4.69) is 0 Å². The molecule has 10 heavy (non-hydrogen) atoms. The molecule has 2 heterocycles. The van der Waals surface area contributed by atoms with E-state index >= 15 is 0 Å². The van der Waals surface area contributed by atoms with E-state index < -0.39 is 0 Å². The lowest BCUT2D eigenvalue weighted by atomic mass is 10.1. The molecule has 1 atom stereocenters. The molecule has 0 aromatic carbocycles. The van der Waals surface area contributed by atoms with E-state index in [9.17, 15) is 5.11 Å². The fourth-order valence-corrected chi connectivity index (χ4v) is 3.35. The topological polar surface area (TPSA) is 20.2 Å². The third-order valence-corrected chi connectivity index (χ3v) is 3.94. The van der Waals surface area contributed by atoms with E-state index in [-0.39, 0.29) is 6.10 Å². The molecule has 3 heteroatoms. The van der Waals surface area contributed by atoms with Crippen LogP contribution in [0.1, 0.15) is 18.1 Å². The van der Waals surface area contributed by atoms with Gasteiger partial charge < -0.3 is 5.11 Å². The van der Waals surface area contributed by atoms with Crippen molar-refractivity contribution in [2.24, 2.45) is 0 Å². The fraction of sp³-hybridized carbons (Fsp3) is 0.429. The van der Waals surface area contributed by atoms with Gasteiger partial charge in [-0.15, -0.1) is 23.1 Å². The first-order valence-corrected chi connectivity index (χ1v) is 5.13. The first-order chi connectivity index (χ1) is 4.88. The van der Waals surface area contributed by atoms with Gasteiger partial charge in [-0.1, -0.05) is 0 Å². The molecule has 0 radical (unpaired) electrons. The minimum Gasteiger partial charge on any atom is -0.388 e. The van der Waals surface area contributed by atoms with Gasteiger partial charge in [0, 0.05) is 11.3 Å². The Hall–Kier alpha value is 0.0100. The molecule has 1 aromatic heterocycles. The molecule has 1 nitrogen and oxygen atoms in total. The number of fused-ring (bicyclic) bond motifs is 1. The Labute approximate surface area is 68.1 Å². The minimum absolute atomic E-state index is 0.192. The Morgan fingerprint density at radius 1 is 1.60 bits per heavy atom. The molecule has 0 saturated heterocycles. The maximum atomic E-state index is 9.44. The summed E-state index contributed by atoms with van der Waals surface area (Å²) in [7, 11) is 0. The van der Waals surface area contributed by atoms with Gasteiger partial charge in [0.05, 0.1) is 10.3 Å². The van der Waals surface area contributed by atoms with Crippen molar-refractivity contribution in [3.63, 3.8) is 0 Å². The van der Waals surface area contributed by atoms with Gasteiger partial charge >= 0.3 is 0 Å². The number of rotatable bonds is 0. The van der Waals surface area contributed by atoms with Crippen LogP contribution in [0.5, 0.6) is 0 Å². The highest BCUT2D eigenvalue weighted by Crippen LogP contribution is 2.39. The minimum atomic E-state index is -0.192. The van der Waals surface area contributed by atoms with Crippen molar-refractivity contribution in [3.05, 3.63) is 17.0 Å². The highest BCUT2D eigenvalue weighted by atomic mass is 32.2. The summed E-state index contributed by atoms with van der Waals surface area (Å²) in [4.78, 5) is 0. The Morgan fingerprint density at radius 3 is 3.30 bits per heavy atom. The highest BCUT2D eigenvalue weighted by Gasteiger charge is 2.18.